The number of hydrogen-bond acceptors (Lipinski definition) is 10. The molecule has 1 aliphatic carbocycles. The summed E-state index contributed by atoms with van der Waals surface area (Å²) in [5.74, 6) is 2.41. The van der Waals surface area contributed by atoms with Crippen molar-refractivity contribution in [1.29, 1.82) is 0 Å². The van der Waals surface area contributed by atoms with Gasteiger partial charge in [0.25, 0.3) is 11.8 Å². The molecule has 2 aromatic heterocycles. The molecular formula is C28H34N6O6. The molecule has 0 spiro atoms. The Labute approximate surface area is 232 Å². The molecule has 12 nitrogen and oxygen atoms in total. The van der Waals surface area contributed by atoms with Crippen molar-refractivity contribution < 1.29 is 28.2 Å². The van der Waals surface area contributed by atoms with Gasteiger partial charge in [0.2, 0.25) is 17.4 Å². The van der Waals surface area contributed by atoms with Crippen LogP contribution in [0.5, 0.6) is 17.4 Å². The fourth-order valence-electron chi connectivity index (χ4n) is 4.54. The number of anilines is 2. The molecule has 2 fully saturated rings. The van der Waals surface area contributed by atoms with Crippen molar-refractivity contribution >= 4 is 23.6 Å². The van der Waals surface area contributed by atoms with Crippen molar-refractivity contribution in [3.8, 4) is 17.4 Å². The summed E-state index contributed by atoms with van der Waals surface area (Å²) in [5.41, 5.74) is 1.29. The van der Waals surface area contributed by atoms with Gasteiger partial charge in [-0.3, -0.25) is 14.9 Å². The van der Waals surface area contributed by atoms with Gasteiger partial charge in [0.05, 0.1) is 32.0 Å². The van der Waals surface area contributed by atoms with Crippen LogP contribution in [0.3, 0.4) is 0 Å². The van der Waals surface area contributed by atoms with E-state index in [2.05, 4.69) is 30.5 Å². The van der Waals surface area contributed by atoms with Crippen LogP contribution in [0.25, 0.3) is 0 Å². The second-order valence-corrected chi connectivity index (χ2v) is 10.1. The van der Waals surface area contributed by atoms with Crippen molar-refractivity contribution in [2.45, 2.75) is 52.2 Å². The minimum atomic E-state index is -0.415. The topological polar surface area (TPSA) is 141 Å². The molecule has 2 amide bonds. The normalized spacial score (nSPS) is 17.3. The van der Waals surface area contributed by atoms with E-state index in [0.717, 1.165) is 24.3 Å². The number of oxazole rings is 1. The molecule has 1 aromatic carbocycles. The second kappa shape index (κ2) is 11.8. The summed E-state index contributed by atoms with van der Waals surface area (Å²) >= 11 is 0. The van der Waals surface area contributed by atoms with Crippen LogP contribution < -0.4 is 29.7 Å². The molecule has 0 radical (unpaired) electrons. The summed E-state index contributed by atoms with van der Waals surface area (Å²) in [6.45, 7) is 6.94. The van der Waals surface area contributed by atoms with Gasteiger partial charge in [-0.1, -0.05) is 12.1 Å². The van der Waals surface area contributed by atoms with Crippen molar-refractivity contribution in [2.75, 3.05) is 37.0 Å². The van der Waals surface area contributed by atoms with Crippen molar-refractivity contribution in [3.05, 3.63) is 47.6 Å². The predicted octanol–water partition coefficient (Wildman–Crippen LogP) is 3.68. The number of aryl methyl sites for hydroxylation is 1. The Bertz CT molecular complexity index is 1360. The maximum Gasteiger partial charge on any atom is 0.302 e. The molecule has 212 valence electrons. The van der Waals surface area contributed by atoms with Crippen molar-refractivity contribution in [3.63, 3.8) is 0 Å². The van der Waals surface area contributed by atoms with E-state index in [1.165, 1.54) is 26.1 Å². The molecule has 3 aromatic rings. The molecular weight excluding hydrogens is 516 g/mol. The largest absolute Gasteiger partial charge is 0.489 e. The molecule has 3 heterocycles. The Hall–Kier alpha value is -4.35. The third-order valence-corrected chi connectivity index (χ3v) is 6.87. The third kappa shape index (κ3) is 6.44. The molecule has 1 saturated carbocycles. The van der Waals surface area contributed by atoms with Gasteiger partial charge in [-0.25, -0.2) is 4.98 Å². The molecule has 12 heteroatoms. The molecule has 1 aliphatic heterocycles. The Morgan fingerprint density at radius 2 is 1.95 bits per heavy atom. The number of nitrogens with one attached hydrogen (secondary N) is 2. The molecule has 2 aliphatic rings. The highest BCUT2D eigenvalue weighted by Gasteiger charge is 2.30. The number of carbonyl (C=O) groups is 2. The third-order valence-electron chi connectivity index (χ3n) is 6.87. The lowest BCUT2D eigenvalue weighted by Crippen LogP contribution is -2.27. The zero-order valence-electron chi connectivity index (χ0n) is 23.1. The number of amides is 2. The van der Waals surface area contributed by atoms with Crippen LogP contribution >= 0.6 is 0 Å². The van der Waals surface area contributed by atoms with E-state index in [0.29, 0.717) is 42.2 Å². The maximum absolute atomic E-state index is 12.7. The standard InChI is InChI=1S/C28H34N6O6/c1-16(31-26(36)23-17(2)32-28(40-23)33-18(3)35)20-7-9-21(10-8-20)39-22-11-12-34(13-22)25-24(37-4)27(30-15-29-25)38-14-19-5-6-19/h7-10,15-16,19,22H,5-6,11-14H2,1-4H3,(H,31,36)(H,32,33,35)/t16-,22+/m0/s1. The van der Waals surface area contributed by atoms with E-state index >= 15 is 0 Å². The van der Waals surface area contributed by atoms with Gasteiger partial charge >= 0.3 is 6.01 Å². The van der Waals surface area contributed by atoms with Crippen LogP contribution in [0.1, 0.15) is 61.0 Å². The van der Waals surface area contributed by atoms with E-state index in [9.17, 15) is 9.59 Å². The molecule has 2 atom stereocenters. The molecule has 40 heavy (non-hydrogen) atoms. The van der Waals surface area contributed by atoms with Gasteiger partial charge in [0, 0.05) is 19.9 Å². The molecule has 0 unspecified atom stereocenters. The van der Waals surface area contributed by atoms with Gasteiger partial charge in [-0.15, -0.1) is 0 Å². The Kier molecular flexibility index (Phi) is 8.04. The highest BCUT2D eigenvalue weighted by atomic mass is 16.5. The first-order valence-corrected chi connectivity index (χ1v) is 13.4. The second-order valence-electron chi connectivity index (χ2n) is 10.1. The summed E-state index contributed by atoms with van der Waals surface area (Å²) in [6, 6.07) is 7.32. The predicted molar refractivity (Wildman–Crippen MR) is 146 cm³/mol. The average molecular weight is 551 g/mol. The van der Waals surface area contributed by atoms with Gasteiger partial charge in [0.15, 0.2) is 5.82 Å². The van der Waals surface area contributed by atoms with Gasteiger partial charge in [-0.2, -0.15) is 9.97 Å². The summed E-state index contributed by atoms with van der Waals surface area (Å²) in [6.07, 6.45) is 4.72. The number of hydrogen-bond donors (Lipinski definition) is 2. The minimum Gasteiger partial charge on any atom is -0.489 e. The number of rotatable bonds is 11. The zero-order valence-corrected chi connectivity index (χ0v) is 23.1. The zero-order chi connectivity index (χ0) is 28.2. The number of benzene rings is 1. The Morgan fingerprint density at radius 3 is 2.65 bits per heavy atom. The Morgan fingerprint density at radius 1 is 1.18 bits per heavy atom. The van der Waals surface area contributed by atoms with Crippen LogP contribution in [-0.2, 0) is 4.79 Å². The van der Waals surface area contributed by atoms with E-state index < -0.39 is 5.91 Å². The van der Waals surface area contributed by atoms with Gasteiger partial charge < -0.3 is 28.8 Å². The number of ether oxygens (including phenoxy) is 3. The quantitative estimate of drug-likeness (QED) is 0.363. The van der Waals surface area contributed by atoms with Gasteiger partial charge in [0.1, 0.15) is 18.2 Å². The summed E-state index contributed by atoms with van der Waals surface area (Å²) in [4.78, 5) is 38.9. The van der Waals surface area contributed by atoms with Crippen LogP contribution in [0.2, 0.25) is 0 Å². The van der Waals surface area contributed by atoms with Gasteiger partial charge in [-0.05, 0) is 50.3 Å². The van der Waals surface area contributed by atoms with E-state index in [-0.39, 0.29) is 29.8 Å². The fourth-order valence-corrected chi connectivity index (χ4v) is 4.54. The van der Waals surface area contributed by atoms with Crippen LogP contribution in [0.15, 0.2) is 35.0 Å². The fraction of sp³-hybridized carbons (Fsp3) is 0.464. The lowest BCUT2D eigenvalue weighted by atomic mass is 10.1. The number of aromatic nitrogens is 3. The first kappa shape index (κ1) is 27.2. The van der Waals surface area contributed by atoms with E-state index in [4.69, 9.17) is 18.6 Å². The lowest BCUT2D eigenvalue weighted by molar-refractivity contribution is -0.114. The smallest absolute Gasteiger partial charge is 0.302 e. The number of carbonyl (C=O) groups excluding carboxylic acids is 2. The van der Waals surface area contributed by atoms with Crippen LogP contribution in [0.4, 0.5) is 11.8 Å². The maximum atomic E-state index is 12.7. The van der Waals surface area contributed by atoms with Crippen LogP contribution in [0, 0.1) is 12.8 Å². The monoisotopic (exact) mass is 550 g/mol. The Balaban J connectivity index is 1.16. The minimum absolute atomic E-state index is 0.00436. The summed E-state index contributed by atoms with van der Waals surface area (Å²) < 4.78 is 23.2. The van der Waals surface area contributed by atoms with Crippen molar-refractivity contribution in [2.24, 2.45) is 5.92 Å². The SMILES string of the molecule is COc1c(OCC2CC2)ncnc1N1CC[C@@H](Oc2ccc([C@H](C)NC(=O)c3oc(NC(C)=O)nc3C)cc2)C1. The first-order chi connectivity index (χ1) is 19.3. The highest BCUT2D eigenvalue weighted by molar-refractivity contribution is 5.93. The molecule has 5 rings (SSSR count). The molecule has 0 bridgehead atoms. The number of methoxy groups -OCH3 is 1. The van der Waals surface area contributed by atoms with E-state index in [1.807, 2.05) is 31.2 Å². The van der Waals surface area contributed by atoms with E-state index in [1.54, 1.807) is 14.0 Å². The molecule has 2 N–H and O–H groups in total. The first-order valence-electron chi connectivity index (χ1n) is 13.4. The molecule has 1 saturated heterocycles. The summed E-state index contributed by atoms with van der Waals surface area (Å²) in [7, 11) is 1.61. The van der Waals surface area contributed by atoms with Crippen molar-refractivity contribution in [1.82, 2.24) is 20.3 Å². The summed E-state index contributed by atoms with van der Waals surface area (Å²) in [5, 5.41) is 5.34. The average Bonchev–Trinajstić information content (AvgIpc) is 3.53. The van der Waals surface area contributed by atoms with Crippen LogP contribution in [-0.4, -0.2) is 59.7 Å². The highest BCUT2D eigenvalue weighted by Crippen LogP contribution is 2.37. The number of nitrogens with zero attached hydrogens (tertiary/aromatic N) is 4. The lowest BCUT2D eigenvalue weighted by Gasteiger charge is -2.21.